The van der Waals surface area contributed by atoms with E-state index in [1.807, 2.05) is 0 Å². The molecule has 25 nitrogen and oxygen atoms in total. The summed E-state index contributed by atoms with van der Waals surface area (Å²) < 4.78 is 190. The Morgan fingerprint density at radius 2 is 1.18 bits per heavy atom. The molecule has 34 heteroatoms. The van der Waals surface area contributed by atoms with Crippen molar-refractivity contribution >= 4 is 145 Å². The summed E-state index contributed by atoms with van der Waals surface area (Å²) in [5, 5.41) is 28.9. The lowest BCUT2D eigenvalue weighted by molar-refractivity contribution is 0.471. The first-order valence-electron chi connectivity index (χ1n) is 17.3. The number of phenols is 2. The lowest BCUT2D eigenvalue weighted by atomic mass is 10.1. The van der Waals surface area contributed by atoms with Gasteiger partial charge in [0.15, 0.2) is 31.2 Å². The molecule has 0 aliphatic rings. The van der Waals surface area contributed by atoms with Crippen LogP contribution in [0.1, 0.15) is 0 Å². The van der Waals surface area contributed by atoms with Gasteiger partial charge in [-0.3, -0.25) is 18.2 Å². The number of benzene rings is 4. The molecule has 5 aromatic rings. The summed E-state index contributed by atoms with van der Waals surface area (Å²) in [5.74, 6) is -6.30. The number of nitrogens with one attached hydrogen (secondary N) is 1. The van der Waals surface area contributed by atoms with Gasteiger partial charge in [0.2, 0.25) is 17.2 Å². The SMILES string of the molecule is O=S(=O)(CCCl)CCN(CCS(=O)(=O)CCCl)c1nc(Cl)nc(Nc2cc(S(=O)(=O)O)cc3cc(S(=O)(=O)O)c(N=Nc4cc(S(=O)(=O)O)c5cccc(S(=O)(=O)O)c5c4O)c(O)c23)n1. The molecule has 5 rings (SSSR count). The van der Waals surface area contributed by atoms with Crippen LogP contribution < -0.4 is 10.2 Å². The number of halogens is 3. The van der Waals surface area contributed by atoms with Crippen LogP contribution in [-0.4, -0.2) is 142 Å². The van der Waals surface area contributed by atoms with E-state index in [-0.39, 0.29) is 11.8 Å². The van der Waals surface area contributed by atoms with E-state index >= 15 is 0 Å². The number of alkyl halides is 2. The standard InChI is InChI=1S/C31H30Cl3N7O18S6/c32-4-8-60(44,45)10-6-41(7-11-61(46,47)9-5-33)31-37-29(34)36-30(38-31)35-19-14-17(62(48,49)50)12-16-13-23(65(57,58)59)26(28(43)24(16)19)40-39-20-15-22(64(54,55)56)18-2-1-3-21(63(51,52)53)25(18)27(20)42/h1-3,12-15,42-43H,4-11H2,(H,48,49,50)(H,51,52,53)(H,54,55,56)(H,57,58,59)(H,35,36,37,38). The van der Waals surface area contributed by atoms with Crippen LogP contribution in [0.3, 0.4) is 0 Å². The smallest absolute Gasteiger partial charge is 0.296 e. The van der Waals surface area contributed by atoms with Crippen molar-refractivity contribution in [3.8, 4) is 11.5 Å². The maximum Gasteiger partial charge on any atom is 0.296 e. The fraction of sp³-hybridized carbons (Fsp3) is 0.258. The van der Waals surface area contributed by atoms with Crippen LogP contribution >= 0.6 is 34.8 Å². The first kappa shape index (κ1) is 51.6. The van der Waals surface area contributed by atoms with Gasteiger partial charge in [0.05, 0.1) is 33.6 Å². The molecule has 354 valence electrons. The normalized spacial score (nSPS) is 13.2. The van der Waals surface area contributed by atoms with Crippen molar-refractivity contribution in [1.82, 2.24) is 15.0 Å². The van der Waals surface area contributed by atoms with Gasteiger partial charge in [-0.15, -0.1) is 33.4 Å². The van der Waals surface area contributed by atoms with Gasteiger partial charge in [-0.1, -0.05) is 12.1 Å². The lowest BCUT2D eigenvalue weighted by Gasteiger charge is -2.23. The van der Waals surface area contributed by atoms with Crippen LogP contribution in [0.25, 0.3) is 21.5 Å². The van der Waals surface area contributed by atoms with E-state index in [0.717, 1.165) is 23.1 Å². The Balaban J connectivity index is 1.76. The highest BCUT2D eigenvalue weighted by molar-refractivity contribution is 7.91. The zero-order chi connectivity index (χ0) is 48.7. The largest absolute Gasteiger partial charge is 0.505 e. The third-order valence-electron chi connectivity index (χ3n) is 8.80. The number of rotatable bonds is 19. The van der Waals surface area contributed by atoms with Crippen LogP contribution in [0.4, 0.5) is 29.0 Å². The predicted molar refractivity (Wildman–Crippen MR) is 234 cm³/mol. The average Bonchev–Trinajstić information content (AvgIpc) is 3.15. The number of fused-ring (bicyclic) bond motifs is 2. The van der Waals surface area contributed by atoms with E-state index in [1.54, 1.807) is 0 Å². The summed E-state index contributed by atoms with van der Waals surface area (Å²) in [4.78, 5) is 8.46. The molecule has 1 heterocycles. The van der Waals surface area contributed by atoms with Crippen LogP contribution in [0.15, 0.2) is 72.3 Å². The Labute approximate surface area is 384 Å². The minimum Gasteiger partial charge on any atom is -0.505 e. The second-order valence-corrected chi connectivity index (χ2v) is 24.5. The summed E-state index contributed by atoms with van der Waals surface area (Å²) >= 11 is 17.4. The minimum absolute atomic E-state index is 0.269. The van der Waals surface area contributed by atoms with E-state index in [1.165, 1.54) is 0 Å². The Hall–Kier alpha value is -4.38. The van der Waals surface area contributed by atoms with E-state index in [2.05, 4.69) is 30.5 Å². The number of hydrogen-bond donors (Lipinski definition) is 7. The Kier molecular flexibility index (Phi) is 15.1. The second kappa shape index (κ2) is 19.1. The molecule has 1 aromatic heterocycles. The number of hydrogen-bond acceptors (Lipinski definition) is 21. The molecule has 0 unspecified atom stereocenters. The summed E-state index contributed by atoms with van der Waals surface area (Å²) in [6.07, 6.45) is 0. The van der Waals surface area contributed by atoms with Crippen LogP contribution in [-0.2, 0) is 60.1 Å². The summed E-state index contributed by atoms with van der Waals surface area (Å²) in [5.41, 5.74) is -2.93. The molecule has 0 bridgehead atoms. The fourth-order valence-corrected chi connectivity index (χ4v) is 12.0. The van der Waals surface area contributed by atoms with E-state index < -0.39 is 183 Å². The number of sulfone groups is 2. The van der Waals surface area contributed by atoms with Crippen LogP contribution in [0.2, 0.25) is 5.28 Å². The van der Waals surface area contributed by atoms with Crippen molar-refractivity contribution in [2.45, 2.75) is 19.6 Å². The van der Waals surface area contributed by atoms with E-state index in [0.29, 0.717) is 24.3 Å². The van der Waals surface area contributed by atoms with Crippen molar-refractivity contribution in [3.05, 3.63) is 47.7 Å². The van der Waals surface area contributed by atoms with Gasteiger partial charge in [0.25, 0.3) is 40.5 Å². The predicted octanol–water partition coefficient (Wildman–Crippen LogP) is 3.50. The van der Waals surface area contributed by atoms with Gasteiger partial charge in [0, 0.05) is 41.0 Å². The summed E-state index contributed by atoms with van der Waals surface area (Å²) in [6.45, 7) is -0.889. The van der Waals surface area contributed by atoms with Crippen molar-refractivity contribution in [2.75, 3.05) is 58.1 Å². The number of aromatic hydroxyl groups is 2. The fourth-order valence-electron chi connectivity index (χ4n) is 5.90. The number of azo groups is 1. The average molecular weight is 1090 g/mol. The molecule has 0 aliphatic carbocycles. The summed E-state index contributed by atoms with van der Waals surface area (Å²) in [6, 6.07) is 4.81. The molecule has 0 radical (unpaired) electrons. The van der Waals surface area contributed by atoms with Gasteiger partial charge in [-0.25, -0.2) is 16.8 Å². The topological polar surface area (TPSA) is 405 Å². The highest BCUT2D eigenvalue weighted by atomic mass is 35.5. The van der Waals surface area contributed by atoms with Crippen molar-refractivity contribution in [1.29, 1.82) is 0 Å². The first-order valence-corrected chi connectivity index (χ1v) is 28.1. The zero-order valence-corrected chi connectivity index (χ0v) is 39.2. The molecule has 0 fully saturated rings. The maximum absolute atomic E-state index is 12.7. The molecular weight excluding hydrogens is 1060 g/mol. The molecule has 0 aliphatic heterocycles. The second-order valence-electron chi connectivity index (χ2n) is 13.2. The first-order chi connectivity index (χ1) is 29.9. The number of anilines is 3. The third-order valence-corrected chi connectivity index (χ3v) is 16.5. The van der Waals surface area contributed by atoms with Crippen LogP contribution in [0, 0.1) is 0 Å². The quantitative estimate of drug-likeness (QED) is 0.0353. The number of aromatic nitrogens is 3. The van der Waals surface area contributed by atoms with Gasteiger partial charge in [0.1, 0.15) is 26.1 Å². The molecule has 4 aromatic carbocycles. The van der Waals surface area contributed by atoms with Crippen molar-refractivity contribution < 1.29 is 78.9 Å². The maximum atomic E-state index is 12.7. The number of nitrogens with zero attached hydrogens (tertiary/aromatic N) is 6. The summed E-state index contributed by atoms with van der Waals surface area (Å²) in [7, 11) is -29.0. The Morgan fingerprint density at radius 1 is 0.615 bits per heavy atom. The van der Waals surface area contributed by atoms with Gasteiger partial charge in [-0.05, 0) is 47.3 Å². The van der Waals surface area contributed by atoms with Gasteiger partial charge in [-0.2, -0.15) is 48.6 Å². The van der Waals surface area contributed by atoms with Crippen LogP contribution in [0.5, 0.6) is 11.5 Å². The highest BCUT2D eigenvalue weighted by Crippen LogP contribution is 2.47. The molecule has 65 heavy (non-hydrogen) atoms. The molecule has 7 N–H and O–H groups in total. The lowest BCUT2D eigenvalue weighted by Crippen LogP contribution is -2.36. The van der Waals surface area contributed by atoms with Crippen molar-refractivity contribution in [2.24, 2.45) is 10.2 Å². The van der Waals surface area contributed by atoms with Crippen molar-refractivity contribution in [3.63, 3.8) is 0 Å². The Morgan fingerprint density at radius 3 is 1.71 bits per heavy atom. The number of phenolic OH excluding ortho intramolecular Hbond substituents is 2. The van der Waals surface area contributed by atoms with E-state index in [9.17, 15) is 78.9 Å². The Bertz CT molecular complexity index is 3440. The molecule has 0 spiro atoms. The highest BCUT2D eigenvalue weighted by Gasteiger charge is 2.29. The molecule has 0 atom stereocenters. The molecule has 0 saturated heterocycles. The minimum atomic E-state index is -5.55. The molecular formula is C31H30Cl3N7O18S6. The zero-order valence-electron chi connectivity index (χ0n) is 32.0. The monoisotopic (exact) mass is 1080 g/mol. The van der Waals surface area contributed by atoms with Gasteiger partial charge >= 0.3 is 0 Å². The van der Waals surface area contributed by atoms with E-state index in [4.69, 9.17) is 34.8 Å². The molecule has 0 amide bonds. The van der Waals surface area contributed by atoms with Gasteiger partial charge < -0.3 is 20.4 Å². The molecule has 0 saturated carbocycles. The third kappa shape index (κ3) is 12.3.